The van der Waals surface area contributed by atoms with Crippen molar-refractivity contribution in [3.05, 3.63) is 35.3 Å². The van der Waals surface area contributed by atoms with Crippen molar-refractivity contribution in [2.24, 2.45) is 18.9 Å². The number of alkyl halides is 3. The van der Waals surface area contributed by atoms with Gasteiger partial charge < -0.3 is 14.4 Å². The molecule has 8 nitrogen and oxygen atoms in total. The fourth-order valence-corrected chi connectivity index (χ4v) is 4.37. The number of hydrogen-bond acceptors (Lipinski definition) is 7. The van der Waals surface area contributed by atoms with Crippen LogP contribution in [0.5, 0.6) is 5.88 Å². The molecule has 2 aliphatic rings. The van der Waals surface area contributed by atoms with E-state index in [1.165, 1.54) is 0 Å². The highest BCUT2D eigenvalue weighted by molar-refractivity contribution is 5.82. The highest BCUT2D eigenvalue weighted by Gasteiger charge is 2.55. The van der Waals surface area contributed by atoms with E-state index in [1.807, 2.05) is 38.1 Å². The predicted octanol–water partition coefficient (Wildman–Crippen LogP) is 3.92. The predicted molar refractivity (Wildman–Crippen MR) is 119 cm³/mol. The number of hydrogen-bond donors (Lipinski definition) is 0. The maximum Gasteiger partial charge on any atom is 0.392 e. The van der Waals surface area contributed by atoms with Gasteiger partial charge in [0, 0.05) is 31.0 Å². The van der Waals surface area contributed by atoms with Crippen LogP contribution in [0.25, 0.3) is 11.0 Å². The zero-order chi connectivity index (χ0) is 24.0. The van der Waals surface area contributed by atoms with Crippen molar-refractivity contribution in [2.45, 2.75) is 39.0 Å². The molecular formula is C23H27F3N6O2. The topological polar surface area (TPSA) is 78.2 Å². The van der Waals surface area contributed by atoms with Crippen molar-refractivity contribution in [1.29, 1.82) is 0 Å². The van der Waals surface area contributed by atoms with E-state index in [1.54, 1.807) is 10.9 Å². The second-order valence-corrected chi connectivity index (χ2v) is 9.12. The standard InChI is InChI=1S/C23H27F3N6O2/c1-13-8-17-20(28-14(13)2)29-22(30-21(17)34-6-4-15-9-18(15)23(24,25)26)32-5-7-33-19(12-32)16-10-27-31(3)11-16/h8,10-11,15,18-19H,4-7,9,12H2,1-3H3/t15-,18-,19+/m1/s1. The second-order valence-electron chi connectivity index (χ2n) is 9.12. The lowest BCUT2D eigenvalue weighted by atomic mass is 10.1. The first-order chi connectivity index (χ1) is 16.2. The van der Waals surface area contributed by atoms with Crippen LogP contribution in [-0.4, -0.2) is 57.2 Å². The summed E-state index contributed by atoms with van der Waals surface area (Å²) in [5.74, 6) is -0.772. The second kappa shape index (κ2) is 8.68. The number of aryl methyl sites for hydroxylation is 3. The Morgan fingerprint density at radius 1 is 1.21 bits per heavy atom. The molecule has 0 amide bonds. The minimum Gasteiger partial charge on any atom is -0.477 e. The number of rotatable bonds is 6. The molecule has 3 atom stereocenters. The van der Waals surface area contributed by atoms with Crippen LogP contribution in [0.4, 0.5) is 19.1 Å². The molecule has 3 aromatic rings. The molecule has 0 aromatic carbocycles. The number of ether oxygens (including phenoxy) is 2. The summed E-state index contributed by atoms with van der Waals surface area (Å²) in [5.41, 5.74) is 3.30. The molecule has 182 valence electrons. The van der Waals surface area contributed by atoms with E-state index in [-0.39, 0.29) is 25.0 Å². The Morgan fingerprint density at radius 3 is 2.74 bits per heavy atom. The number of fused-ring (bicyclic) bond motifs is 1. The third kappa shape index (κ3) is 4.66. The molecule has 0 bridgehead atoms. The highest BCUT2D eigenvalue weighted by Crippen LogP contribution is 2.51. The smallest absolute Gasteiger partial charge is 0.392 e. The van der Waals surface area contributed by atoms with Gasteiger partial charge >= 0.3 is 6.18 Å². The summed E-state index contributed by atoms with van der Waals surface area (Å²) in [6.07, 6.45) is -0.0873. The van der Waals surface area contributed by atoms with Crippen LogP contribution in [0.2, 0.25) is 0 Å². The zero-order valence-electron chi connectivity index (χ0n) is 19.3. The molecule has 0 N–H and O–H groups in total. The van der Waals surface area contributed by atoms with E-state index < -0.39 is 12.1 Å². The molecule has 3 aromatic heterocycles. The Kier molecular flexibility index (Phi) is 5.83. The molecule has 0 unspecified atom stereocenters. The van der Waals surface area contributed by atoms with Gasteiger partial charge in [-0.25, -0.2) is 4.98 Å². The van der Waals surface area contributed by atoms with Gasteiger partial charge in [-0.3, -0.25) is 4.68 Å². The Bertz CT molecular complexity index is 1200. The van der Waals surface area contributed by atoms with Crippen LogP contribution in [0, 0.1) is 25.7 Å². The van der Waals surface area contributed by atoms with E-state index in [4.69, 9.17) is 14.5 Å². The van der Waals surface area contributed by atoms with Gasteiger partial charge in [-0.15, -0.1) is 0 Å². The van der Waals surface area contributed by atoms with Gasteiger partial charge in [-0.2, -0.15) is 28.2 Å². The van der Waals surface area contributed by atoms with Gasteiger partial charge in [-0.05, 0) is 44.2 Å². The van der Waals surface area contributed by atoms with Crippen molar-refractivity contribution < 1.29 is 22.6 Å². The minimum atomic E-state index is -4.13. The van der Waals surface area contributed by atoms with Crippen LogP contribution in [-0.2, 0) is 11.8 Å². The summed E-state index contributed by atoms with van der Waals surface area (Å²) in [6, 6.07) is 1.92. The summed E-state index contributed by atoms with van der Waals surface area (Å²) in [5, 5.41) is 4.88. The Hall–Kier alpha value is -2.95. The molecule has 1 aliphatic heterocycles. The SMILES string of the molecule is Cc1cc2c(OCC[C@@H]3C[C@H]3C(F)(F)F)nc(N3CCO[C@H](c4cnn(C)c4)C3)nc2nc1C. The Labute approximate surface area is 195 Å². The van der Waals surface area contributed by atoms with Crippen molar-refractivity contribution in [3.8, 4) is 5.88 Å². The number of pyridine rings is 1. The fourth-order valence-electron chi connectivity index (χ4n) is 4.37. The Morgan fingerprint density at radius 2 is 2.03 bits per heavy atom. The lowest BCUT2D eigenvalue weighted by molar-refractivity contribution is -0.151. The van der Waals surface area contributed by atoms with E-state index >= 15 is 0 Å². The molecule has 1 saturated carbocycles. The third-order valence-electron chi connectivity index (χ3n) is 6.60. The van der Waals surface area contributed by atoms with E-state index in [0.717, 1.165) is 16.8 Å². The molecule has 5 rings (SSSR count). The maximum absolute atomic E-state index is 12.9. The molecule has 1 aliphatic carbocycles. The lowest BCUT2D eigenvalue weighted by Crippen LogP contribution is -2.39. The minimum absolute atomic E-state index is 0.164. The van der Waals surface area contributed by atoms with Gasteiger partial charge in [0.1, 0.15) is 6.10 Å². The number of halogens is 3. The van der Waals surface area contributed by atoms with Crippen LogP contribution in [0.15, 0.2) is 18.5 Å². The summed E-state index contributed by atoms with van der Waals surface area (Å²) in [7, 11) is 1.86. The lowest BCUT2D eigenvalue weighted by Gasteiger charge is -2.32. The first kappa shape index (κ1) is 22.8. The monoisotopic (exact) mass is 476 g/mol. The summed E-state index contributed by atoms with van der Waals surface area (Å²) >= 11 is 0. The van der Waals surface area contributed by atoms with E-state index in [2.05, 4.69) is 15.1 Å². The quantitative estimate of drug-likeness (QED) is 0.534. The van der Waals surface area contributed by atoms with Gasteiger partial charge in [0.25, 0.3) is 0 Å². The fraction of sp³-hybridized carbons (Fsp3) is 0.565. The van der Waals surface area contributed by atoms with Gasteiger partial charge in [-0.1, -0.05) is 0 Å². The first-order valence-electron chi connectivity index (χ1n) is 11.4. The summed E-state index contributed by atoms with van der Waals surface area (Å²) in [6.45, 7) is 5.65. The van der Waals surface area contributed by atoms with Crippen LogP contribution in [0.3, 0.4) is 0 Å². The number of anilines is 1. The molecule has 4 heterocycles. The molecule has 1 saturated heterocycles. The maximum atomic E-state index is 12.9. The third-order valence-corrected chi connectivity index (χ3v) is 6.60. The molecule has 11 heteroatoms. The average Bonchev–Trinajstić information content (AvgIpc) is 3.46. The van der Waals surface area contributed by atoms with Crippen LogP contribution in [0.1, 0.15) is 35.8 Å². The normalized spacial score (nSPS) is 22.9. The van der Waals surface area contributed by atoms with Crippen molar-refractivity contribution >= 4 is 17.0 Å². The molecule has 2 fully saturated rings. The van der Waals surface area contributed by atoms with Crippen LogP contribution < -0.4 is 9.64 Å². The van der Waals surface area contributed by atoms with E-state index in [9.17, 15) is 13.2 Å². The highest BCUT2D eigenvalue weighted by atomic mass is 19.4. The van der Waals surface area contributed by atoms with E-state index in [0.29, 0.717) is 49.0 Å². The molecule has 0 spiro atoms. The van der Waals surface area contributed by atoms with Gasteiger partial charge in [0.05, 0.1) is 37.3 Å². The largest absolute Gasteiger partial charge is 0.477 e. The average molecular weight is 477 g/mol. The van der Waals surface area contributed by atoms with Gasteiger partial charge in [0.2, 0.25) is 11.8 Å². The van der Waals surface area contributed by atoms with Gasteiger partial charge in [0.15, 0.2) is 5.65 Å². The zero-order valence-corrected chi connectivity index (χ0v) is 19.3. The van der Waals surface area contributed by atoms with Crippen molar-refractivity contribution in [2.75, 3.05) is 31.2 Å². The molecular weight excluding hydrogens is 449 g/mol. The Balaban J connectivity index is 1.38. The van der Waals surface area contributed by atoms with Crippen molar-refractivity contribution in [1.82, 2.24) is 24.7 Å². The summed E-state index contributed by atoms with van der Waals surface area (Å²) in [4.78, 5) is 16.0. The number of aromatic nitrogens is 5. The number of nitrogens with zero attached hydrogens (tertiary/aromatic N) is 6. The first-order valence-corrected chi connectivity index (χ1v) is 11.4. The molecule has 34 heavy (non-hydrogen) atoms. The summed E-state index contributed by atoms with van der Waals surface area (Å²) < 4.78 is 52.2. The molecule has 0 radical (unpaired) electrons. The van der Waals surface area contributed by atoms with Crippen LogP contribution >= 0.6 is 0 Å². The number of morpholine rings is 1. The van der Waals surface area contributed by atoms with Crippen molar-refractivity contribution in [3.63, 3.8) is 0 Å².